The van der Waals surface area contributed by atoms with E-state index >= 15 is 0 Å². The molecule has 26 heavy (non-hydrogen) atoms. The minimum atomic E-state index is -0.426. The number of esters is 1. The summed E-state index contributed by atoms with van der Waals surface area (Å²) >= 11 is 0. The summed E-state index contributed by atoms with van der Waals surface area (Å²) in [5.41, 5.74) is 2.72. The van der Waals surface area contributed by atoms with Crippen LogP contribution in [0.15, 0.2) is 48.5 Å². The standard InChI is InChI=1S/C20H22N2O4/c1-25-18-11-12-22(13-18)17-9-7-16(8-10-17)21-19(23)14-3-5-15(6-4-14)20(24)26-2/h3-10,18H,11-13H2,1-2H3,(H,21,23). The zero-order valence-electron chi connectivity index (χ0n) is 14.9. The van der Waals surface area contributed by atoms with E-state index in [0.717, 1.165) is 30.9 Å². The lowest BCUT2D eigenvalue weighted by Crippen LogP contribution is -2.22. The van der Waals surface area contributed by atoms with Gasteiger partial charge in [0.15, 0.2) is 0 Å². The Morgan fingerprint density at radius 1 is 1.00 bits per heavy atom. The number of rotatable bonds is 5. The van der Waals surface area contributed by atoms with E-state index in [-0.39, 0.29) is 12.0 Å². The summed E-state index contributed by atoms with van der Waals surface area (Å²) in [4.78, 5) is 26.0. The maximum atomic E-state index is 12.3. The third-order valence-corrected chi connectivity index (χ3v) is 4.54. The summed E-state index contributed by atoms with van der Waals surface area (Å²) < 4.78 is 10.0. The summed E-state index contributed by atoms with van der Waals surface area (Å²) in [5.74, 6) is -0.653. The van der Waals surface area contributed by atoms with E-state index in [4.69, 9.17) is 4.74 Å². The first-order valence-corrected chi connectivity index (χ1v) is 8.48. The molecule has 3 rings (SSSR count). The van der Waals surface area contributed by atoms with Gasteiger partial charge in [0.1, 0.15) is 0 Å². The molecular weight excluding hydrogens is 332 g/mol. The van der Waals surface area contributed by atoms with Crippen molar-refractivity contribution in [2.75, 3.05) is 37.5 Å². The molecule has 1 heterocycles. The summed E-state index contributed by atoms with van der Waals surface area (Å²) in [7, 11) is 3.06. The molecule has 0 aromatic heterocycles. The molecule has 1 amide bonds. The van der Waals surface area contributed by atoms with E-state index in [1.165, 1.54) is 7.11 Å². The third kappa shape index (κ3) is 4.03. The molecule has 0 spiro atoms. The highest BCUT2D eigenvalue weighted by Crippen LogP contribution is 2.23. The number of carbonyl (C=O) groups excluding carboxylic acids is 2. The van der Waals surface area contributed by atoms with Crippen LogP contribution in [-0.4, -0.2) is 45.3 Å². The predicted molar refractivity (Wildman–Crippen MR) is 99.8 cm³/mol. The molecule has 0 bridgehead atoms. The lowest BCUT2D eigenvalue weighted by molar-refractivity contribution is 0.0600. The second-order valence-electron chi connectivity index (χ2n) is 6.16. The van der Waals surface area contributed by atoms with Gasteiger partial charge in [0, 0.05) is 37.1 Å². The normalized spacial score (nSPS) is 16.4. The van der Waals surface area contributed by atoms with Crippen LogP contribution in [0.2, 0.25) is 0 Å². The van der Waals surface area contributed by atoms with Gasteiger partial charge >= 0.3 is 5.97 Å². The molecule has 1 aliphatic heterocycles. The molecule has 1 fully saturated rings. The number of ether oxygens (including phenoxy) is 2. The molecule has 136 valence electrons. The van der Waals surface area contributed by atoms with Gasteiger partial charge in [0.2, 0.25) is 0 Å². The van der Waals surface area contributed by atoms with Gasteiger partial charge in [-0.15, -0.1) is 0 Å². The van der Waals surface area contributed by atoms with E-state index in [0.29, 0.717) is 11.1 Å². The molecule has 1 N–H and O–H groups in total. The van der Waals surface area contributed by atoms with Gasteiger partial charge in [-0.25, -0.2) is 4.79 Å². The van der Waals surface area contributed by atoms with Gasteiger partial charge in [-0.05, 0) is 55.0 Å². The van der Waals surface area contributed by atoms with E-state index in [1.807, 2.05) is 24.3 Å². The number of hydrogen-bond donors (Lipinski definition) is 1. The molecule has 6 nitrogen and oxygen atoms in total. The zero-order chi connectivity index (χ0) is 18.5. The highest BCUT2D eigenvalue weighted by molar-refractivity contribution is 6.04. The minimum absolute atomic E-state index is 0.227. The van der Waals surface area contributed by atoms with Crippen molar-refractivity contribution >= 4 is 23.3 Å². The van der Waals surface area contributed by atoms with Crippen molar-refractivity contribution in [3.05, 3.63) is 59.7 Å². The quantitative estimate of drug-likeness (QED) is 0.836. The van der Waals surface area contributed by atoms with Crippen LogP contribution in [0.25, 0.3) is 0 Å². The van der Waals surface area contributed by atoms with Crippen molar-refractivity contribution in [2.45, 2.75) is 12.5 Å². The third-order valence-electron chi connectivity index (χ3n) is 4.54. The van der Waals surface area contributed by atoms with Crippen LogP contribution < -0.4 is 10.2 Å². The van der Waals surface area contributed by atoms with E-state index in [9.17, 15) is 9.59 Å². The highest BCUT2D eigenvalue weighted by atomic mass is 16.5. The molecule has 1 unspecified atom stereocenters. The summed E-state index contributed by atoms with van der Waals surface area (Å²) in [6.07, 6.45) is 1.30. The Bertz CT molecular complexity index is 771. The molecule has 0 radical (unpaired) electrons. The molecule has 2 aromatic carbocycles. The number of amides is 1. The Morgan fingerprint density at radius 2 is 1.65 bits per heavy atom. The average Bonchev–Trinajstić information content (AvgIpc) is 3.17. The highest BCUT2D eigenvalue weighted by Gasteiger charge is 2.22. The smallest absolute Gasteiger partial charge is 0.337 e. The summed E-state index contributed by atoms with van der Waals surface area (Å²) in [5, 5.41) is 2.86. The molecular formula is C20H22N2O4. The summed E-state index contributed by atoms with van der Waals surface area (Å²) in [6, 6.07) is 14.1. The first-order chi connectivity index (χ1) is 12.6. The Hall–Kier alpha value is -2.86. The number of hydrogen-bond acceptors (Lipinski definition) is 5. The van der Waals surface area contributed by atoms with Gasteiger partial charge < -0.3 is 19.7 Å². The van der Waals surface area contributed by atoms with Crippen LogP contribution in [0.3, 0.4) is 0 Å². The van der Waals surface area contributed by atoms with Crippen LogP contribution in [0.4, 0.5) is 11.4 Å². The molecule has 6 heteroatoms. The summed E-state index contributed by atoms with van der Waals surface area (Å²) in [6.45, 7) is 1.85. The predicted octanol–water partition coefficient (Wildman–Crippen LogP) is 2.95. The monoisotopic (exact) mass is 354 g/mol. The number of nitrogens with one attached hydrogen (secondary N) is 1. The molecule has 2 aromatic rings. The zero-order valence-corrected chi connectivity index (χ0v) is 14.9. The number of anilines is 2. The fourth-order valence-corrected chi connectivity index (χ4v) is 2.99. The molecule has 0 aliphatic carbocycles. The molecule has 1 atom stereocenters. The SMILES string of the molecule is COC(=O)c1ccc(C(=O)Nc2ccc(N3CCC(OC)C3)cc2)cc1. The minimum Gasteiger partial charge on any atom is -0.465 e. The van der Waals surface area contributed by atoms with Crippen molar-refractivity contribution in [3.63, 3.8) is 0 Å². The maximum absolute atomic E-state index is 12.3. The number of benzene rings is 2. The van der Waals surface area contributed by atoms with Crippen molar-refractivity contribution in [1.29, 1.82) is 0 Å². The lowest BCUT2D eigenvalue weighted by Gasteiger charge is -2.18. The van der Waals surface area contributed by atoms with Crippen LogP contribution >= 0.6 is 0 Å². The topological polar surface area (TPSA) is 67.9 Å². The Kier molecular flexibility index (Phi) is 5.53. The van der Waals surface area contributed by atoms with E-state index in [2.05, 4.69) is 15.0 Å². The van der Waals surface area contributed by atoms with Crippen LogP contribution in [-0.2, 0) is 9.47 Å². The van der Waals surface area contributed by atoms with Gasteiger partial charge in [0.05, 0.1) is 18.8 Å². The largest absolute Gasteiger partial charge is 0.465 e. The fourth-order valence-electron chi connectivity index (χ4n) is 2.99. The van der Waals surface area contributed by atoms with E-state index in [1.54, 1.807) is 31.4 Å². The number of methoxy groups -OCH3 is 2. The Labute approximate surface area is 152 Å². The first kappa shape index (κ1) is 17.9. The van der Waals surface area contributed by atoms with Crippen molar-refractivity contribution < 1.29 is 19.1 Å². The van der Waals surface area contributed by atoms with Crippen LogP contribution in [0.1, 0.15) is 27.1 Å². The van der Waals surface area contributed by atoms with Crippen molar-refractivity contribution in [2.24, 2.45) is 0 Å². The van der Waals surface area contributed by atoms with Gasteiger partial charge in [0.25, 0.3) is 5.91 Å². The second kappa shape index (κ2) is 8.01. The van der Waals surface area contributed by atoms with Gasteiger partial charge in [-0.2, -0.15) is 0 Å². The number of nitrogens with zero attached hydrogens (tertiary/aromatic N) is 1. The first-order valence-electron chi connectivity index (χ1n) is 8.48. The van der Waals surface area contributed by atoms with Crippen molar-refractivity contribution in [1.82, 2.24) is 0 Å². The fraction of sp³-hybridized carbons (Fsp3) is 0.300. The second-order valence-corrected chi connectivity index (χ2v) is 6.16. The Morgan fingerprint density at radius 3 is 2.23 bits per heavy atom. The van der Waals surface area contributed by atoms with Crippen molar-refractivity contribution in [3.8, 4) is 0 Å². The molecule has 0 saturated carbocycles. The average molecular weight is 354 g/mol. The van der Waals surface area contributed by atoms with E-state index < -0.39 is 5.97 Å². The van der Waals surface area contributed by atoms with Gasteiger partial charge in [-0.1, -0.05) is 0 Å². The molecule has 1 saturated heterocycles. The van der Waals surface area contributed by atoms with Crippen LogP contribution in [0, 0.1) is 0 Å². The van der Waals surface area contributed by atoms with Crippen LogP contribution in [0.5, 0.6) is 0 Å². The Balaban J connectivity index is 1.62. The number of carbonyl (C=O) groups is 2. The lowest BCUT2D eigenvalue weighted by atomic mass is 10.1. The van der Waals surface area contributed by atoms with Gasteiger partial charge in [-0.3, -0.25) is 4.79 Å². The maximum Gasteiger partial charge on any atom is 0.337 e. The molecule has 1 aliphatic rings.